The van der Waals surface area contributed by atoms with Crippen molar-refractivity contribution in [2.24, 2.45) is 11.8 Å². The molecule has 2 atom stereocenters. The van der Waals surface area contributed by atoms with Gasteiger partial charge in [-0.05, 0) is 47.9 Å². The largest absolute Gasteiger partial charge is 0.388 e. The third-order valence-electron chi connectivity index (χ3n) is 4.95. The van der Waals surface area contributed by atoms with Crippen LogP contribution in [0, 0.1) is 23.2 Å². The van der Waals surface area contributed by atoms with Crippen LogP contribution >= 0.6 is 0 Å². The van der Waals surface area contributed by atoms with Gasteiger partial charge < -0.3 is 4.74 Å². The number of unbranched alkanes of at least 4 members (excludes halogenated alkanes) is 2. The number of ether oxygens (including phenoxy) is 1. The molecule has 0 aliphatic rings. The molecule has 2 nitrogen and oxygen atoms in total. The van der Waals surface area contributed by atoms with Crippen molar-refractivity contribution in [2.45, 2.75) is 113 Å². The highest BCUT2D eigenvalue weighted by atomic mass is 16.4. The van der Waals surface area contributed by atoms with Crippen LogP contribution in [0.2, 0.25) is 0 Å². The van der Waals surface area contributed by atoms with E-state index < -0.39 is 0 Å². The summed E-state index contributed by atoms with van der Waals surface area (Å²) in [6.45, 7) is 17.5. The van der Waals surface area contributed by atoms with Crippen molar-refractivity contribution in [3.8, 4) is 6.07 Å². The lowest BCUT2D eigenvalue weighted by Crippen LogP contribution is -2.01. The maximum atomic E-state index is 9.04. The molecule has 0 aliphatic carbocycles. The minimum Gasteiger partial charge on any atom is -0.388 e. The molecule has 2 unspecified atom stereocenters. The highest BCUT2D eigenvalue weighted by molar-refractivity contribution is 5.37. The Morgan fingerprint density at radius 2 is 1.40 bits per heavy atom. The monoisotopic (exact) mass is 419 g/mol. The van der Waals surface area contributed by atoms with Crippen molar-refractivity contribution in [3.63, 3.8) is 0 Å². The number of aryl methyl sites for hydroxylation is 1. The fourth-order valence-electron chi connectivity index (χ4n) is 3.09. The van der Waals surface area contributed by atoms with E-state index in [9.17, 15) is 0 Å². The van der Waals surface area contributed by atoms with E-state index in [1.54, 1.807) is 14.2 Å². The van der Waals surface area contributed by atoms with Crippen LogP contribution in [0.15, 0.2) is 18.2 Å². The SMILES string of the molecule is CC.CCCC(C)CC.CCCCCC(C)Cc1cc(C#N)cc(CC)c1.COC. The van der Waals surface area contributed by atoms with Gasteiger partial charge in [-0.3, -0.25) is 0 Å². The van der Waals surface area contributed by atoms with Crippen LogP contribution < -0.4 is 0 Å². The summed E-state index contributed by atoms with van der Waals surface area (Å²) in [5.74, 6) is 1.67. The van der Waals surface area contributed by atoms with Gasteiger partial charge in [0.1, 0.15) is 0 Å². The van der Waals surface area contributed by atoms with Gasteiger partial charge in [0.05, 0.1) is 11.6 Å². The molecule has 176 valence electrons. The predicted molar refractivity (Wildman–Crippen MR) is 136 cm³/mol. The number of benzene rings is 1. The highest BCUT2D eigenvalue weighted by Crippen LogP contribution is 2.18. The molecule has 30 heavy (non-hydrogen) atoms. The highest BCUT2D eigenvalue weighted by Gasteiger charge is 2.06. The molecule has 0 saturated carbocycles. The van der Waals surface area contributed by atoms with Gasteiger partial charge in [-0.15, -0.1) is 0 Å². The topological polar surface area (TPSA) is 33.0 Å². The Labute approximate surface area is 190 Å². The Hall–Kier alpha value is -1.33. The normalized spacial score (nSPS) is 11.4. The summed E-state index contributed by atoms with van der Waals surface area (Å²) in [4.78, 5) is 0. The summed E-state index contributed by atoms with van der Waals surface area (Å²) in [6, 6.07) is 8.58. The number of rotatable bonds is 10. The summed E-state index contributed by atoms with van der Waals surface area (Å²) in [5, 5.41) is 9.04. The van der Waals surface area contributed by atoms with Gasteiger partial charge in [-0.2, -0.15) is 5.26 Å². The molecule has 0 saturated heterocycles. The fraction of sp³-hybridized carbons (Fsp3) is 0.750. The molecule has 0 heterocycles. The molecule has 0 aromatic heterocycles. The van der Waals surface area contributed by atoms with Crippen LogP contribution in [0.3, 0.4) is 0 Å². The molecule has 0 aliphatic heterocycles. The number of hydrogen-bond donors (Lipinski definition) is 0. The average molecular weight is 420 g/mol. The van der Waals surface area contributed by atoms with Crippen LogP contribution in [0.4, 0.5) is 0 Å². The third kappa shape index (κ3) is 21.4. The molecule has 0 N–H and O–H groups in total. The molecule has 0 amide bonds. The summed E-state index contributed by atoms with van der Waals surface area (Å²) >= 11 is 0. The first-order valence-electron chi connectivity index (χ1n) is 12.3. The lowest BCUT2D eigenvalue weighted by molar-refractivity contribution is 0.277. The van der Waals surface area contributed by atoms with Gasteiger partial charge in [0.15, 0.2) is 0 Å². The molecule has 1 aromatic rings. The van der Waals surface area contributed by atoms with Crippen molar-refractivity contribution < 1.29 is 4.74 Å². The Bertz CT molecular complexity index is 504. The Balaban J connectivity index is -0.000000505. The summed E-state index contributed by atoms with van der Waals surface area (Å²) in [7, 11) is 3.25. The fourth-order valence-corrected chi connectivity index (χ4v) is 3.09. The summed E-state index contributed by atoms with van der Waals surface area (Å²) < 4.78 is 4.25. The van der Waals surface area contributed by atoms with E-state index in [2.05, 4.69) is 64.5 Å². The van der Waals surface area contributed by atoms with E-state index in [-0.39, 0.29) is 0 Å². The molecule has 1 aromatic carbocycles. The number of nitriles is 1. The second-order valence-corrected chi connectivity index (χ2v) is 8.02. The second-order valence-electron chi connectivity index (χ2n) is 8.02. The standard InChI is InChI=1S/C17H25N.C7H16.C2H6O.C2H6/c1-4-6-7-8-14(3)9-16-10-15(5-2)11-17(12-16)13-18;1-4-6-7(3)5-2;1-3-2;1-2/h10-12,14H,4-9H2,1-3H3;7H,4-6H2,1-3H3;1-2H3;1-2H3. The van der Waals surface area contributed by atoms with Crippen molar-refractivity contribution >= 4 is 0 Å². The van der Waals surface area contributed by atoms with E-state index in [0.29, 0.717) is 0 Å². The first-order chi connectivity index (χ1) is 14.4. The summed E-state index contributed by atoms with van der Waals surface area (Å²) in [6.07, 6.45) is 11.4. The Morgan fingerprint density at radius 1 is 0.833 bits per heavy atom. The van der Waals surface area contributed by atoms with E-state index in [1.807, 2.05) is 19.9 Å². The molecule has 0 fully saturated rings. The van der Waals surface area contributed by atoms with Crippen molar-refractivity contribution in [3.05, 3.63) is 34.9 Å². The second kappa shape index (κ2) is 25.7. The quantitative estimate of drug-likeness (QED) is 0.354. The van der Waals surface area contributed by atoms with Gasteiger partial charge in [0, 0.05) is 14.2 Å². The number of hydrogen-bond acceptors (Lipinski definition) is 2. The van der Waals surface area contributed by atoms with Crippen LogP contribution in [-0.4, -0.2) is 14.2 Å². The van der Waals surface area contributed by atoms with E-state index in [0.717, 1.165) is 30.2 Å². The van der Waals surface area contributed by atoms with Crippen LogP contribution in [0.25, 0.3) is 0 Å². The zero-order valence-corrected chi connectivity index (χ0v) is 22.1. The zero-order chi connectivity index (χ0) is 23.8. The van der Waals surface area contributed by atoms with Gasteiger partial charge in [0.2, 0.25) is 0 Å². The Kier molecular flexibility index (Phi) is 28.5. The van der Waals surface area contributed by atoms with Gasteiger partial charge in [0.25, 0.3) is 0 Å². The minimum atomic E-state index is 0.718. The van der Waals surface area contributed by atoms with Crippen LogP contribution in [0.1, 0.15) is 117 Å². The lowest BCUT2D eigenvalue weighted by Gasteiger charge is -2.12. The summed E-state index contributed by atoms with van der Waals surface area (Å²) in [5.41, 5.74) is 3.42. The molecule has 0 bridgehead atoms. The molecule has 0 spiro atoms. The van der Waals surface area contributed by atoms with Crippen molar-refractivity contribution in [2.75, 3.05) is 14.2 Å². The number of methoxy groups -OCH3 is 1. The van der Waals surface area contributed by atoms with Crippen molar-refractivity contribution in [1.82, 2.24) is 0 Å². The molecular formula is C28H53NO. The van der Waals surface area contributed by atoms with Crippen molar-refractivity contribution in [1.29, 1.82) is 5.26 Å². The maximum Gasteiger partial charge on any atom is 0.0991 e. The molecule has 2 heteroatoms. The zero-order valence-electron chi connectivity index (χ0n) is 22.1. The first kappa shape index (κ1) is 33.3. The van der Waals surface area contributed by atoms with Gasteiger partial charge >= 0.3 is 0 Å². The average Bonchev–Trinajstić information content (AvgIpc) is 2.76. The molecule has 0 radical (unpaired) electrons. The Morgan fingerprint density at radius 3 is 1.80 bits per heavy atom. The number of nitrogens with zero attached hydrogens (tertiary/aromatic N) is 1. The van der Waals surface area contributed by atoms with E-state index >= 15 is 0 Å². The van der Waals surface area contributed by atoms with Gasteiger partial charge in [-0.1, -0.05) is 106 Å². The predicted octanol–water partition coefficient (Wildman–Crippen LogP) is 9.00. The first-order valence-corrected chi connectivity index (χ1v) is 12.3. The maximum absolute atomic E-state index is 9.04. The smallest absolute Gasteiger partial charge is 0.0991 e. The van der Waals surface area contributed by atoms with Crippen LogP contribution in [-0.2, 0) is 17.6 Å². The molecular weight excluding hydrogens is 366 g/mol. The minimum absolute atomic E-state index is 0.718. The molecule has 1 rings (SSSR count). The lowest BCUT2D eigenvalue weighted by atomic mass is 9.93. The van der Waals surface area contributed by atoms with Gasteiger partial charge in [-0.25, -0.2) is 0 Å². The van der Waals surface area contributed by atoms with Crippen LogP contribution in [0.5, 0.6) is 0 Å². The third-order valence-corrected chi connectivity index (χ3v) is 4.95. The van der Waals surface area contributed by atoms with E-state index in [1.165, 1.54) is 56.1 Å². The van der Waals surface area contributed by atoms with E-state index in [4.69, 9.17) is 5.26 Å².